The van der Waals surface area contributed by atoms with Crippen LogP contribution in [0, 0.1) is 0 Å². The van der Waals surface area contributed by atoms with Gasteiger partial charge in [-0.15, -0.1) is 0 Å². The Bertz CT molecular complexity index is 349. The first-order valence-corrected chi connectivity index (χ1v) is 7.24. The average Bonchev–Trinajstić information content (AvgIpc) is 2.28. The van der Waals surface area contributed by atoms with E-state index in [0.717, 1.165) is 19.5 Å². The smallest absolute Gasteiger partial charge is 0.228 e. The third-order valence-corrected chi connectivity index (χ3v) is 3.39. The highest BCUT2D eigenvalue weighted by Gasteiger charge is 2.04. The van der Waals surface area contributed by atoms with Crippen molar-refractivity contribution in [1.29, 1.82) is 0 Å². The van der Waals surface area contributed by atoms with E-state index >= 15 is 0 Å². The first kappa shape index (κ1) is 14.3. The molecule has 0 aliphatic rings. The molecule has 1 aromatic heterocycles. The number of hydrogen-bond donors (Lipinski definition) is 2. The van der Waals surface area contributed by atoms with Crippen molar-refractivity contribution >= 4 is 35.3 Å². The number of aromatic nitrogens is 3. The van der Waals surface area contributed by atoms with Gasteiger partial charge in [0.15, 0.2) is 0 Å². The highest BCUT2D eigenvalue weighted by atomic mass is 35.5. The highest BCUT2D eigenvalue weighted by molar-refractivity contribution is 7.99. The molecule has 0 fully saturated rings. The molecule has 0 spiro atoms. The number of nitrogens with one attached hydrogen (secondary N) is 2. The summed E-state index contributed by atoms with van der Waals surface area (Å²) in [6.07, 6.45) is 3.16. The van der Waals surface area contributed by atoms with E-state index in [1.54, 1.807) is 0 Å². The summed E-state index contributed by atoms with van der Waals surface area (Å²) >= 11 is 7.65. The van der Waals surface area contributed by atoms with Gasteiger partial charge in [0.05, 0.1) is 0 Å². The molecule has 2 N–H and O–H groups in total. The summed E-state index contributed by atoms with van der Waals surface area (Å²) in [5, 5.41) is 6.98. The summed E-state index contributed by atoms with van der Waals surface area (Å²) < 4.78 is 0. The summed E-state index contributed by atoms with van der Waals surface area (Å²) in [4.78, 5) is 12.2. The lowest BCUT2D eigenvalue weighted by molar-refractivity contribution is 0.841. The lowest BCUT2D eigenvalue weighted by Gasteiger charge is -2.09. The van der Waals surface area contributed by atoms with Gasteiger partial charge in [-0.1, -0.05) is 6.92 Å². The van der Waals surface area contributed by atoms with Gasteiger partial charge in [0.2, 0.25) is 17.2 Å². The molecule has 0 bridgehead atoms. The molecule has 17 heavy (non-hydrogen) atoms. The molecule has 1 aromatic rings. The first-order chi connectivity index (χ1) is 8.15. The molecule has 0 saturated carbocycles. The molecule has 1 unspecified atom stereocenters. The first-order valence-electron chi connectivity index (χ1n) is 5.57. The van der Waals surface area contributed by atoms with Crippen LogP contribution in [0.1, 0.15) is 20.3 Å². The van der Waals surface area contributed by atoms with E-state index in [1.165, 1.54) is 0 Å². The van der Waals surface area contributed by atoms with E-state index in [2.05, 4.69) is 38.8 Å². The van der Waals surface area contributed by atoms with Gasteiger partial charge in [0, 0.05) is 18.3 Å². The molecule has 0 amide bonds. The molecule has 7 heteroatoms. The minimum atomic E-state index is 0.205. The zero-order valence-corrected chi connectivity index (χ0v) is 11.9. The number of rotatable bonds is 7. The van der Waals surface area contributed by atoms with Crippen molar-refractivity contribution in [3.8, 4) is 0 Å². The minimum absolute atomic E-state index is 0.205. The summed E-state index contributed by atoms with van der Waals surface area (Å²) in [7, 11) is 0. The van der Waals surface area contributed by atoms with Crippen LogP contribution in [0.25, 0.3) is 0 Å². The van der Waals surface area contributed by atoms with Crippen molar-refractivity contribution in [3.63, 3.8) is 0 Å². The van der Waals surface area contributed by atoms with E-state index in [0.29, 0.717) is 17.1 Å². The van der Waals surface area contributed by atoms with Crippen molar-refractivity contribution in [2.24, 2.45) is 0 Å². The number of hydrogen-bond acceptors (Lipinski definition) is 6. The van der Waals surface area contributed by atoms with Gasteiger partial charge in [-0.05, 0) is 31.2 Å². The SMILES string of the molecule is CCNc1nc(Cl)nc(NCCC(C)SC)n1. The van der Waals surface area contributed by atoms with Crippen LogP contribution in [0.3, 0.4) is 0 Å². The van der Waals surface area contributed by atoms with Gasteiger partial charge in [-0.3, -0.25) is 0 Å². The second kappa shape index (κ2) is 7.55. The number of nitrogens with zero attached hydrogens (tertiary/aromatic N) is 3. The van der Waals surface area contributed by atoms with Crippen LogP contribution in [0.15, 0.2) is 0 Å². The normalized spacial score (nSPS) is 12.2. The lowest BCUT2D eigenvalue weighted by atomic mass is 10.3. The summed E-state index contributed by atoms with van der Waals surface area (Å²) in [6, 6.07) is 0. The maximum Gasteiger partial charge on any atom is 0.228 e. The van der Waals surface area contributed by atoms with Gasteiger partial charge in [0.25, 0.3) is 0 Å². The maximum atomic E-state index is 5.81. The van der Waals surface area contributed by atoms with Crippen molar-refractivity contribution in [2.45, 2.75) is 25.5 Å². The Kier molecular flexibility index (Phi) is 6.36. The summed E-state index contributed by atoms with van der Waals surface area (Å²) in [6.45, 7) is 5.75. The van der Waals surface area contributed by atoms with Crippen molar-refractivity contribution in [1.82, 2.24) is 15.0 Å². The van der Waals surface area contributed by atoms with Crippen LogP contribution in [0.4, 0.5) is 11.9 Å². The molecular weight excluding hydrogens is 258 g/mol. The third kappa shape index (κ3) is 5.41. The predicted molar refractivity (Wildman–Crippen MR) is 75.1 cm³/mol. The fourth-order valence-electron chi connectivity index (χ4n) is 1.17. The molecule has 5 nitrogen and oxygen atoms in total. The second-order valence-corrected chi connectivity index (χ2v) is 5.16. The Morgan fingerprint density at radius 3 is 2.47 bits per heavy atom. The van der Waals surface area contributed by atoms with Gasteiger partial charge < -0.3 is 10.6 Å². The number of thioether (sulfide) groups is 1. The molecule has 0 saturated heterocycles. The molecule has 0 aromatic carbocycles. The van der Waals surface area contributed by atoms with Crippen LogP contribution in [-0.2, 0) is 0 Å². The molecule has 1 heterocycles. The molecule has 1 atom stereocenters. The fourth-order valence-corrected chi connectivity index (χ4v) is 1.69. The molecular formula is C10H18ClN5S. The second-order valence-electron chi connectivity index (χ2n) is 3.54. The Labute approximate surface area is 111 Å². The number of anilines is 2. The molecule has 0 aliphatic heterocycles. The zero-order valence-electron chi connectivity index (χ0n) is 10.3. The van der Waals surface area contributed by atoms with Gasteiger partial charge in [0.1, 0.15) is 0 Å². The minimum Gasteiger partial charge on any atom is -0.354 e. The Balaban J connectivity index is 2.52. The van der Waals surface area contributed by atoms with Crippen LogP contribution in [-0.4, -0.2) is 39.5 Å². The van der Waals surface area contributed by atoms with Gasteiger partial charge in [-0.25, -0.2) is 0 Å². The van der Waals surface area contributed by atoms with Gasteiger partial charge in [-0.2, -0.15) is 26.7 Å². The fraction of sp³-hybridized carbons (Fsp3) is 0.700. The van der Waals surface area contributed by atoms with Crippen molar-refractivity contribution < 1.29 is 0 Å². The third-order valence-electron chi connectivity index (χ3n) is 2.18. The number of halogens is 1. The Morgan fingerprint density at radius 1 is 1.24 bits per heavy atom. The lowest BCUT2D eigenvalue weighted by Crippen LogP contribution is -2.12. The van der Waals surface area contributed by atoms with E-state index in [9.17, 15) is 0 Å². The van der Waals surface area contributed by atoms with Crippen LogP contribution >= 0.6 is 23.4 Å². The summed E-state index contributed by atoms with van der Waals surface area (Å²) in [5.74, 6) is 1.03. The largest absolute Gasteiger partial charge is 0.354 e. The quantitative estimate of drug-likeness (QED) is 0.797. The summed E-state index contributed by atoms with van der Waals surface area (Å²) in [5.41, 5.74) is 0. The van der Waals surface area contributed by atoms with Crippen LogP contribution in [0.5, 0.6) is 0 Å². The zero-order chi connectivity index (χ0) is 12.7. The highest BCUT2D eigenvalue weighted by Crippen LogP contribution is 2.11. The van der Waals surface area contributed by atoms with E-state index < -0.39 is 0 Å². The molecule has 1 rings (SSSR count). The topological polar surface area (TPSA) is 62.7 Å². The van der Waals surface area contributed by atoms with Gasteiger partial charge >= 0.3 is 0 Å². The average molecular weight is 276 g/mol. The van der Waals surface area contributed by atoms with E-state index in [-0.39, 0.29) is 5.28 Å². The molecule has 96 valence electrons. The van der Waals surface area contributed by atoms with Crippen LogP contribution in [0.2, 0.25) is 5.28 Å². The predicted octanol–water partition coefficient (Wildman–Crippen LogP) is 2.51. The van der Waals surface area contributed by atoms with Crippen molar-refractivity contribution in [2.75, 3.05) is 30.0 Å². The van der Waals surface area contributed by atoms with E-state index in [4.69, 9.17) is 11.6 Å². The van der Waals surface area contributed by atoms with E-state index in [1.807, 2.05) is 18.7 Å². The molecule has 0 radical (unpaired) electrons. The standard InChI is InChI=1S/C10H18ClN5S/c1-4-12-9-14-8(11)15-10(16-9)13-6-5-7(2)17-3/h7H,4-6H2,1-3H3,(H2,12,13,14,15,16). The maximum absolute atomic E-state index is 5.81. The monoisotopic (exact) mass is 275 g/mol. The van der Waals surface area contributed by atoms with Crippen LogP contribution < -0.4 is 10.6 Å². The Hall–Kier alpha value is -0.750. The molecule has 0 aliphatic carbocycles. The Morgan fingerprint density at radius 2 is 1.88 bits per heavy atom. The van der Waals surface area contributed by atoms with Crippen molar-refractivity contribution in [3.05, 3.63) is 5.28 Å².